The number of fused-ring (bicyclic) bond motifs is 1. The molecule has 18 heavy (non-hydrogen) atoms. The van der Waals surface area contributed by atoms with Crippen molar-refractivity contribution < 1.29 is 5.11 Å². The third kappa shape index (κ3) is 1.86. The van der Waals surface area contributed by atoms with Crippen molar-refractivity contribution in [2.45, 2.75) is 64.3 Å². The van der Waals surface area contributed by atoms with E-state index < -0.39 is 6.23 Å². The Kier molecular flexibility index (Phi) is 3.11. The molecule has 0 aliphatic carbocycles. The minimum Gasteiger partial charge on any atom is -0.373 e. The molecule has 0 aromatic carbocycles. The lowest BCUT2D eigenvalue weighted by molar-refractivity contribution is 0.0679. The van der Waals surface area contributed by atoms with Crippen molar-refractivity contribution in [2.75, 3.05) is 6.54 Å². The van der Waals surface area contributed by atoms with Crippen LogP contribution in [0.15, 0.2) is 0 Å². The summed E-state index contributed by atoms with van der Waals surface area (Å²) in [5, 5.41) is 18.8. The van der Waals surface area contributed by atoms with Gasteiger partial charge in [0.2, 0.25) is 0 Å². The predicted octanol–water partition coefficient (Wildman–Crippen LogP) is 1.65. The van der Waals surface area contributed by atoms with E-state index >= 15 is 0 Å². The first kappa shape index (κ1) is 12.1. The summed E-state index contributed by atoms with van der Waals surface area (Å²) in [5.41, 5.74) is 0. The summed E-state index contributed by atoms with van der Waals surface area (Å²) in [6.45, 7) is 5.57. The average Bonchev–Trinajstić information content (AvgIpc) is 2.94. The number of aliphatic hydroxyl groups is 1. The minimum absolute atomic E-state index is 0.332. The Morgan fingerprint density at radius 1 is 1.22 bits per heavy atom. The summed E-state index contributed by atoms with van der Waals surface area (Å²) in [6, 6.07) is 0.852. The van der Waals surface area contributed by atoms with Gasteiger partial charge in [-0.05, 0) is 46.1 Å². The molecule has 3 rings (SSSR count). The van der Waals surface area contributed by atoms with Crippen LogP contribution in [-0.4, -0.2) is 37.4 Å². The largest absolute Gasteiger partial charge is 0.373 e. The lowest BCUT2D eigenvalue weighted by Gasteiger charge is -2.30. The number of likely N-dealkylation sites (tertiary alicyclic amines) is 1. The number of rotatable bonds is 2. The fourth-order valence-electron chi connectivity index (χ4n) is 3.32. The first-order chi connectivity index (χ1) is 8.68. The van der Waals surface area contributed by atoms with Gasteiger partial charge in [-0.15, -0.1) is 10.2 Å². The van der Waals surface area contributed by atoms with E-state index in [-0.39, 0.29) is 0 Å². The van der Waals surface area contributed by atoms with Gasteiger partial charge in [0.15, 0.2) is 5.82 Å². The molecule has 2 aliphatic rings. The van der Waals surface area contributed by atoms with E-state index in [0.29, 0.717) is 12.1 Å². The van der Waals surface area contributed by atoms with Crippen molar-refractivity contribution in [2.24, 2.45) is 0 Å². The van der Waals surface area contributed by atoms with Crippen LogP contribution in [0.25, 0.3) is 0 Å². The molecule has 5 nitrogen and oxygen atoms in total. The number of hydrogen-bond acceptors (Lipinski definition) is 4. The molecule has 2 unspecified atom stereocenters. The van der Waals surface area contributed by atoms with E-state index in [1.165, 1.54) is 6.42 Å². The van der Waals surface area contributed by atoms with E-state index in [9.17, 15) is 5.11 Å². The number of aliphatic hydroxyl groups excluding tert-OH is 1. The number of aryl methyl sites for hydroxylation is 1. The lowest BCUT2D eigenvalue weighted by Crippen LogP contribution is -2.33. The SMILES string of the molecule is CC(C)N1CCCC1c1nnc2n1C(O)CCC2. The summed E-state index contributed by atoms with van der Waals surface area (Å²) >= 11 is 0. The molecule has 0 radical (unpaired) electrons. The van der Waals surface area contributed by atoms with Crippen molar-refractivity contribution >= 4 is 0 Å². The third-order valence-electron chi connectivity index (χ3n) is 4.21. The highest BCUT2D eigenvalue weighted by Crippen LogP contribution is 2.35. The molecule has 0 bridgehead atoms. The Balaban J connectivity index is 1.95. The monoisotopic (exact) mass is 250 g/mol. The normalized spacial score (nSPS) is 28.9. The summed E-state index contributed by atoms with van der Waals surface area (Å²) in [7, 11) is 0. The maximum atomic E-state index is 10.2. The van der Waals surface area contributed by atoms with Crippen molar-refractivity contribution in [3.8, 4) is 0 Å². The molecule has 1 saturated heterocycles. The van der Waals surface area contributed by atoms with Gasteiger partial charge < -0.3 is 5.11 Å². The van der Waals surface area contributed by atoms with Crippen LogP contribution in [0.1, 0.15) is 63.4 Å². The van der Waals surface area contributed by atoms with Crippen LogP contribution in [0.5, 0.6) is 0 Å². The predicted molar refractivity (Wildman–Crippen MR) is 68.0 cm³/mol. The molecule has 3 heterocycles. The molecule has 1 aromatic rings. The smallest absolute Gasteiger partial charge is 0.152 e. The fraction of sp³-hybridized carbons (Fsp3) is 0.846. The van der Waals surface area contributed by atoms with Gasteiger partial charge in [-0.1, -0.05) is 0 Å². The molecule has 100 valence electrons. The van der Waals surface area contributed by atoms with E-state index in [1.807, 2.05) is 4.57 Å². The zero-order valence-corrected chi connectivity index (χ0v) is 11.2. The molecule has 0 amide bonds. The minimum atomic E-state index is -0.423. The van der Waals surface area contributed by atoms with Crippen LogP contribution < -0.4 is 0 Å². The molecule has 1 fully saturated rings. The quantitative estimate of drug-likeness (QED) is 0.867. The molecule has 2 atom stereocenters. The molecule has 1 N–H and O–H groups in total. The summed E-state index contributed by atoms with van der Waals surface area (Å²) in [4.78, 5) is 2.47. The molecule has 5 heteroatoms. The zero-order chi connectivity index (χ0) is 12.7. The van der Waals surface area contributed by atoms with E-state index in [4.69, 9.17) is 0 Å². The molecule has 1 aromatic heterocycles. The van der Waals surface area contributed by atoms with Crippen LogP contribution in [0.3, 0.4) is 0 Å². The van der Waals surface area contributed by atoms with Crippen LogP contribution in [0, 0.1) is 0 Å². The summed E-state index contributed by atoms with van der Waals surface area (Å²) in [6.07, 6.45) is 4.70. The van der Waals surface area contributed by atoms with Crippen molar-refractivity contribution in [3.05, 3.63) is 11.6 Å². The van der Waals surface area contributed by atoms with Gasteiger partial charge in [0.05, 0.1) is 6.04 Å². The third-order valence-corrected chi connectivity index (χ3v) is 4.21. The Labute approximate surface area is 108 Å². The number of hydrogen-bond donors (Lipinski definition) is 1. The second kappa shape index (κ2) is 4.63. The van der Waals surface area contributed by atoms with Crippen molar-refractivity contribution in [3.63, 3.8) is 0 Å². The number of aromatic nitrogens is 3. The van der Waals surface area contributed by atoms with Crippen LogP contribution in [0.2, 0.25) is 0 Å². The van der Waals surface area contributed by atoms with E-state index in [1.54, 1.807) is 0 Å². The Bertz CT molecular complexity index is 429. The molecular formula is C13H22N4O. The highest BCUT2D eigenvalue weighted by molar-refractivity contribution is 5.07. The van der Waals surface area contributed by atoms with Gasteiger partial charge >= 0.3 is 0 Å². The molecule has 0 saturated carbocycles. The van der Waals surface area contributed by atoms with Gasteiger partial charge in [-0.2, -0.15) is 0 Å². The average molecular weight is 250 g/mol. The molecule has 0 spiro atoms. The second-order valence-electron chi connectivity index (χ2n) is 5.71. The molecular weight excluding hydrogens is 228 g/mol. The van der Waals surface area contributed by atoms with Gasteiger partial charge in [0.1, 0.15) is 12.1 Å². The van der Waals surface area contributed by atoms with Gasteiger partial charge in [-0.3, -0.25) is 9.47 Å². The maximum Gasteiger partial charge on any atom is 0.152 e. The van der Waals surface area contributed by atoms with Crippen LogP contribution in [0.4, 0.5) is 0 Å². The van der Waals surface area contributed by atoms with Gasteiger partial charge in [0.25, 0.3) is 0 Å². The Morgan fingerprint density at radius 3 is 2.83 bits per heavy atom. The fourth-order valence-corrected chi connectivity index (χ4v) is 3.32. The number of nitrogens with zero attached hydrogens (tertiary/aromatic N) is 4. The standard InChI is InChI=1S/C13H22N4O/c1-9(2)16-8-4-5-10(16)13-15-14-11-6-3-7-12(18)17(11)13/h9-10,12,18H,3-8H2,1-2H3. The summed E-state index contributed by atoms with van der Waals surface area (Å²) < 4.78 is 1.98. The topological polar surface area (TPSA) is 54.2 Å². The van der Waals surface area contributed by atoms with Crippen LogP contribution >= 0.6 is 0 Å². The first-order valence-corrected chi connectivity index (χ1v) is 7.06. The zero-order valence-electron chi connectivity index (χ0n) is 11.2. The second-order valence-corrected chi connectivity index (χ2v) is 5.71. The van der Waals surface area contributed by atoms with Gasteiger partial charge in [0, 0.05) is 12.5 Å². The Hall–Kier alpha value is -0.940. The highest BCUT2D eigenvalue weighted by Gasteiger charge is 2.34. The van der Waals surface area contributed by atoms with Crippen molar-refractivity contribution in [1.82, 2.24) is 19.7 Å². The highest BCUT2D eigenvalue weighted by atomic mass is 16.3. The Morgan fingerprint density at radius 2 is 2.06 bits per heavy atom. The summed E-state index contributed by atoms with van der Waals surface area (Å²) in [5.74, 6) is 1.93. The van der Waals surface area contributed by atoms with Crippen molar-refractivity contribution in [1.29, 1.82) is 0 Å². The lowest BCUT2D eigenvalue weighted by atomic mass is 10.1. The molecule has 2 aliphatic heterocycles. The van der Waals surface area contributed by atoms with Gasteiger partial charge in [-0.25, -0.2) is 0 Å². The van der Waals surface area contributed by atoms with E-state index in [0.717, 1.165) is 43.9 Å². The first-order valence-electron chi connectivity index (χ1n) is 7.06. The maximum absolute atomic E-state index is 10.2. The van der Waals surface area contributed by atoms with Crippen LogP contribution in [-0.2, 0) is 6.42 Å². The van der Waals surface area contributed by atoms with E-state index in [2.05, 4.69) is 28.9 Å².